The van der Waals surface area contributed by atoms with Crippen molar-refractivity contribution in [2.75, 3.05) is 11.4 Å². The van der Waals surface area contributed by atoms with E-state index in [0.29, 0.717) is 0 Å². The van der Waals surface area contributed by atoms with Crippen LogP contribution < -0.4 is 4.90 Å². The van der Waals surface area contributed by atoms with Crippen molar-refractivity contribution in [3.05, 3.63) is 59.7 Å². The minimum absolute atomic E-state index is 1.12. The fourth-order valence-corrected chi connectivity index (χ4v) is 2.93. The lowest BCUT2D eigenvalue weighted by Crippen LogP contribution is -2.19. The van der Waals surface area contributed by atoms with Crippen molar-refractivity contribution in [3.63, 3.8) is 0 Å². The summed E-state index contributed by atoms with van der Waals surface area (Å²) >= 11 is 0. The van der Waals surface area contributed by atoms with Crippen molar-refractivity contribution in [2.24, 2.45) is 0 Å². The van der Waals surface area contributed by atoms with Crippen molar-refractivity contribution in [3.8, 4) is 0 Å². The van der Waals surface area contributed by atoms with Crippen molar-refractivity contribution < 1.29 is 0 Å². The third kappa shape index (κ3) is 3.47. The van der Waals surface area contributed by atoms with Gasteiger partial charge in [-0.25, -0.2) is 0 Å². The molecule has 0 radical (unpaired) electrons. The molecule has 112 valence electrons. The molecule has 0 saturated carbocycles. The van der Waals surface area contributed by atoms with Crippen LogP contribution in [-0.4, -0.2) is 6.54 Å². The molecule has 1 heterocycles. The van der Waals surface area contributed by atoms with Crippen LogP contribution in [0.25, 0.3) is 0 Å². The Morgan fingerprint density at radius 2 is 1.29 bits per heavy atom. The predicted molar refractivity (Wildman–Crippen MR) is 93.6 cm³/mol. The molecule has 2 aromatic rings. The topological polar surface area (TPSA) is 3.24 Å². The van der Waals surface area contributed by atoms with Crippen LogP contribution in [0, 0.1) is 0 Å². The highest BCUT2D eigenvalue weighted by molar-refractivity contribution is 5.71. The molecule has 2 aromatic carbocycles. The Morgan fingerprint density at radius 3 is 1.76 bits per heavy atom. The summed E-state index contributed by atoms with van der Waals surface area (Å²) in [7, 11) is 0. The molecular formula is C20H27N. The van der Waals surface area contributed by atoms with Crippen LogP contribution in [-0.2, 0) is 12.8 Å². The molecular weight excluding hydrogens is 254 g/mol. The molecule has 0 aliphatic carbocycles. The van der Waals surface area contributed by atoms with Gasteiger partial charge in [0.25, 0.3) is 0 Å². The van der Waals surface area contributed by atoms with Gasteiger partial charge in [-0.2, -0.15) is 0 Å². The van der Waals surface area contributed by atoms with Crippen molar-refractivity contribution in [2.45, 2.75) is 46.5 Å². The Hall–Kier alpha value is -1.76. The van der Waals surface area contributed by atoms with Gasteiger partial charge in [-0.15, -0.1) is 0 Å². The largest absolute Gasteiger partial charge is 0.341 e. The van der Waals surface area contributed by atoms with Gasteiger partial charge < -0.3 is 4.90 Å². The van der Waals surface area contributed by atoms with Gasteiger partial charge in [-0.3, -0.25) is 0 Å². The Labute approximate surface area is 129 Å². The normalized spacial score (nSPS) is 12.6. The summed E-state index contributed by atoms with van der Waals surface area (Å²) < 4.78 is 0. The SMILES string of the molecule is CC.CCCCN1c2ccccc2CCc2ccccc21. The van der Waals surface area contributed by atoms with Gasteiger partial charge in [0.05, 0.1) is 0 Å². The standard InChI is InChI=1S/C18H21N.C2H6/c1-2-3-14-19-17-10-6-4-8-15(17)12-13-16-9-5-7-11-18(16)19;1-2/h4-11H,2-3,12-14H2,1H3;1-2H3. The van der Waals surface area contributed by atoms with E-state index in [1.54, 1.807) is 0 Å². The fourth-order valence-electron chi connectivity index (χ4n) is 2.93. The van der Waals surface area contributed by atoms with E-state index < -0.39 is 0 Å². The molecule has 1 heteroatoms. The molecule has 21 heavy (non-hydrogen) atoms. The Balaban J connectivity index is 0.000000774. The van der Waals surface area contributed by atoms with Crippen LogP contribution in [0.3, 0.4) is 0 Å². The summed E-state index contributed by atoms with van der Waals surface area (Å²) in [6.07, 6.45) is 4.77. The van der Waals surface area contributed by atoms with Crippen LogP contribution in [0.4, 0.5) is 11.4 Å². The minimum Gasteiger partial charge on any atom is -0.341 e. The third-order valence-corrected chi connectivity index (χ3v) is 3.96. The number of benzene rings is 2. The summed E-state index contributed by atoms with van der Waals surface area (Å²) in [6.45, 7) is 7.38. The Bertz CT molecular complexity index is 512. The van der Waals surface area contributed by atoms with E-state index in [1.807, 2.05) is 13.8 Å². The van der Waals surface area contributed by atoms with Gasteiger partial charge in [-0.05, 0) is 42.5 Å². The highest BCUT2D eigenvalue weighted by Crippen LogP contribution is 2.35. The first kappa shape index (κ1) is 15.6. The summed E-state index contributed by atoms with van der Waals surface area (Å²) in [5.74, 6) is 0. The quantitative estimate of drug-likeness (QED) is 0.692. The Morgan fingerprint density at radius 1 is 0.810 bits per heavy atom. The number of rotatable bonds is 3. The maximum absolute atomic E-state index is 2.52. The lowest BCUT2D eigenvalue weighted by molar-refractivity contribution is 0.785. The molecule has 0 bridgehead atoms. The number of para-hydroxylation sites is 2. The zero-order valence-electron chi connectivity index (χ0n) is 13.6. The zero-order chi connectivity index (χ0) is 15.1. The second-order valence-electron chi connectivity index (χ2n) is 5.26. The van der Waals surface area contributed by atoms with E-state index in [0.717, 1.165) is 19.4 Å². The number of aryl methyl sites for hydroxylation is 2. The molecule has 1 nitrogen and oxygen atoms in total. The molecule has 0 amide bonds. The first-order chi connectivity index (χ1) is 10.4. The van der Waals surface area contributed by atoms with Crippen LogP contribution >= 0.6 is 0 Å². The fraction of sp³-hybridized carbons (Fsp3) is 0.400. The van der Waals surface area contributed by atoms with Gasteiger partial charge >= 0.3 is 0 Å². The van der Waals surface area contributed by atoms with E-state index in [2.05, 4.69) is 60.4 Å². The molecule has 0 fully saturated rings. The summed E-state index contributed by atoms with van der Waals surface area (Å²) in [5, 5.41) is 0. The van der Waals surface area contributed by atoms with Gasteiger partial charge in [0.15, 0.2) is 0 Å². The van der Waals surface area contributed by atoms with Gasteiger partial charge in [-0.1, -0.05) is 63.6 Å². The molecule has 0 N–H and O–H groups in total. The maximum atomic E-state index is 2.52. The van der Waals surface area contributed by atoms with Crippen LogP contribution in [0.5, 0.6) is 0 Å². The van der Waals surface area contributed by atoms with E-state index in [4.69, 9.17) is 0 Å². The lowest BCUT2D eigenvalue weighted by atomic mass is 10.0. The van der Waals surface area contributed by atoms with Crippen molar-refractivity contribution >= 4 is 11.4 Å². The molecule has 0 unspecified atom stereocenters. The first-order valence-electron chi connectivity index (χ1n) is 8.33. The average Bonchev–Trinajstić information content (AvgIpc) is 2.72. The van der Waals surface area contributed by atoms with Gasteiger partial charge in [0.2, 0.25) is 0 Å². The molecule has 0 atom stereocenters. The molecule has 1 aliphatic heterocycles. The van der Waals surface area contributed by atoms with Crippen LogP contribution in [0.2, 0.25) is 0 Å². The molecule has 0 saturated heterocycles. The predicted octanol–water partition coefficient (Wildman–Crippen LogP) is 5.75. The molecule has 0 aromatic heterocycles. The summed E-state index contributed by atoms with van der Waals surface area (Å²) in [4.78, 5) is 2.52. The van der Waals surface area contributed by atoms with Gasteiger partial charge in [0.1, 0.15) is 0 Å². The van der Waals surface area contributed by atoms with E-state index in [-0.39, 0.29) is 0 Å². The molecule has 1 aliphatic rings. The number of fused-ring (bicyclic) bond motifs is 2. The summed E-state index contributed by atoms with van der Waals surface area (Å²) in [6, 6.07) is 17.7. The monoisotopic (exact) mass is 281 g/mol. The van der Waals surface area contributed by atoms with Crippen LogP contribution in [0.1, 0.15) is 44.7 Å². The lowest BCUT2D eigenvalue weighted by Gasteiger charge is -2.26. The maximum Gasteiger partial charge on any atom is 0.0443 e. The highest BCUT2D eigenvalue weighted by Gasteiger charge is 2.19. The second-order valence-corrected chi connectivity index (χ2v) is 5.26. The van der Waals surface area contributed by atoms with Crippen LogP contribution in [0.15, 0.2) is 48.5 Å². The Kier molecular flexibility index (Phi) is 5.86. The first-order valence-corrected chi connectivity index (χ1v) is 8.33. The number of nitrogens with zero attached hydrogens (tertiary/aromatic N) is 1. The van der Waals surface area contributed by atoms with E-state index in [1.165, 1.54) is 35.3 Å². The smallest absolute Gasteiger partial charge is 0.0443 e. The van der Waals surface area contributed by atoms with E-state index in [9.17, 15) is 0 Å². The molecule has 3 rings (SSSR count). The molecule has 0 spiro atoms. The van der Waals surface area contributed by atoms with Crippen molar-refractivity contribution in [1.82, 2.24) is 0 Å². The number of anilines is 2. The highest BCUT2D eigenvalue weighted by atomic mass is 15.1. The number of hydrogen-bond acceptors (Lipinski definition) is 1. The number of hydrogen-bond donors (Lipinski definition) is 0. The number of unbranched alkanes of at least 4 members (excludes halogenated alkanes) is 1. The average molecular weight is 281 g/mol. The summed E-state index contributed by atoms with van der Waals surface area (Å²) in [5.41, 5.74) is 5.77. The van der Waals surface area contributed by atoms with Gasteiger partial charge in [0, 0.05) is 17.9 Å². The second kappa shape index (κ2) is 7.87. The van der Waals surface area contributed by atoms with E-state index >= 15 is 0 Å². The minimum atomic E-state index is 1.12. The third-order valence-electron chi connectivity index (χ3n) is 3.96. The van der Waals surface area contributed by atoms with Crippen molar-refractivity contribution in [1.29, 1.82) is 0 Å². The zero-order valence-corrected chi connectivity index (χ0v) is 13.6.